The Morgan fingerprint density at radius 3 is 2.38 bits per heavy atom. The van der Waals surface area contributed by atoms with Crippen LogP contribution in [0.25, 0.3) is 27.8 Å². The second kappa shape index (κ2) is 8.16. The van der Waals surface area contributed by atoms with E-state index in [0.717, 1.165) is 21.4 Å². The lowest BCUT2D eigenvalue weighted by atomic mass is 10.0. The quantitative estimate of drug-likeness (QED) is 0.405. The molecule has 5 aromatic rings. The van der Waals surface area contributed by atoms with E-state index in [2.05, 4.69) is 0 Å². The van der Waals surface area contributed by atoms with Gasteiger partial charge in [0.2, 0.25) is 0 Å². The first-order chi connectivity index (χ1) is 17.8. The molecule has 1 atom stereocenters. The largest absolute Gasteiger partial charge is 0.504 e. The molecule has 1 aliphatic heterocycles. The molecule has 0 fully saturated rings. The van der Waals surface area contributed by atoms with Crippen LogP contribution in [0, 0.1) is 6.92 Å². The van der Waals surface area contributed by atoms with Gasteiger partial charge < -0.3 is 19.1 Å². The highest BCUT2D eigenvalue weighted by Crippen LogP contribution is 2.49. The second-order valence-corrected chi connectivity index (χ2v) is 9.23. The monoisotopic (exact) mass is 495 g/mol. The zero-order valence-corrected chi connectivity index (χ0v) is 20.9. The third-order valence-electron chi connectivity index (χ3n) is 7.07. The van der Waals surface area contributed by atoms with Gasteiger partial charge in [-0.15, -0.1) is 0 Å². The Kier molecular flexibility index (Phi) is 5.01. The van der Waals surface area contributed by atoms with Crippen LogP contribution in [0.4, 0.5) is 0 Å². The minimum atomic E-state index is -0.829. The number of fused-ring (bicyclic) bond motifs is 5. The van der Waals surface area contributed by atoms with Crippen molar-refractivity contribution in [2.75, 3.05) is 7.11 Å². The predicted octanol–water partition coefficient (Wildman–Crippen LogP) is 4.20. The number of hydrogen-bond acceptors (Lipinski definition) is 5. The maximum atomic E-state index is 13.7. The molecular formula is C29H25N3O5. The van der Waals surface area contributed by atoms with Crippen LogP contribution in [0.3, 0.4) is 0 Å². The summed E-state index contributed by atoms with van der Waals surface area (Å²) in [6.07, 6.45) is -0.829. The van der Waals surface area contributed by atoms with E-state index >= 15 is 0 Å². The zero-order valence-electron chi connectivity index (χ0n) is 20.9. The average molecular weight is 496 g/mol. The van der Waals surface area contributed by atoms with E-state index < -0.39 is 17.4 Å². The summed E-state index contributed by atoms with van der Waals surface area (Å²) < 4.78 is 16.5. The summed E-state index contributed by atoms with van der Waals surface area (Å²) in [5.41, 5.74) is 3.93. The molecule has 0 radical (unpaired) electrons. The molecule has 1 aliphatic rings. The van der Waals surface area contributed by atoms with E-state index in [-0.39, 0.29) is 5.75 Å². The Hall–Kier alpha value is -4.72. The Labute approximate surface area is 212 Å². The highest BCUT2D eigenvalue weighted by atomic mass is 16.5. The minimum Gasteiger partial charge on any atom is -0.504 e. The first kappa shape index (κ1) is 22.7. The van der Waals surface area contributed by atoms with E-state index in [4.69, 9.17) is 9.47 Å². The molecule has 1 unspecified atom stereocenters. The van der Waals surface area contributed by atoms with Crippen molar-refractivity contribution in [3.63, 3.8) is 0 Å². The van der Waals surface area contributed by atoms with Crippen LogP contribution in [-0.2, 0) is 14.1 Å². The van der Waals surface area contributed by atoms with Crippen LogP contribution in [0.15, 0.2) is 76.3 Å². The molecule has 186 valence electrons. The smallest absolute Gasteiger partial charge is 0.331 e. The molecule has 0 aliphatic carbocycles. The summed E-state index contributed by atoms with van der Waals surface area (Å²) in [7, 11) is 4.61. The fourth-order valence-electron chi connectivity index (χ4n) is 5.22. The van der Waals surface area contributed by atoms with Gasteiger partial charge in [-0.05, 0) is 30.7 Å². The van der Waals surface area contributed by atoms with Gasteiger partial charge in [0, 0.05) is 19.7 Å². The number of aromatic nitrogens is 3. The van der Waals surface area contributed by atoms with Crippen molar-refractivity contribution in [1.82, 2.24) is 13.7 Å². The van der Waals surface area contributed by atoms with E-state index in [1.165, 1.54) is 18.7 Å². The summed E-state index contributed by atoms with van der Waals surface area (Å²) in [5.74, 6) is 0.810. The van der Waals surface area contributed by atoms with Crippen molar-refractivity contribution in [1.29, 1.82) is 0 Å². The van der Waals surface area contributed by atoms with E-state index in [1.54, 1.807) is 25.2 Å². The lowest BCUT2D eigenvalue weighted by molar-refractivity contribution is 0.223. The van der Waals surface area contributed by atoms with Crippen LogP contribution in [0.2, 0.25) is 0 Å². The average Bonchev–Trinajstić information content (AvgIpc) is 3.27. The first-order valence-electron chi connectivity index (χ1n) is 11.9. The molecule has 0 spiro atoms. The fraction of sp³-hybridized carbons (Fsp3) is 0.172. The van der Waals surface area contributed by atoms with Gasteiger partial charge in [-0.2, -0.15) is 0 Å². The molecule has 8 heteroatoms. The number of phenols is 1. The summed E-state index contributed by atoms with van der Waals surface area (Å²) in [4.78, 5) is 26.9. The van der Waals surface area contributed by atoms with Crippen molar-refractivity contribution in [2.45, 2.75) is 13.0 Å². The molecule has 0 bridgehead atoms. The lowest BCUT2D eigenvalue weighted by Crippen LogP contribution is -2.37. The van der Waals surface area contributed by atoms with E-state index in [9.17, 15) is 14.7 Å². The molecule has 6 rings (SSSR count). The third-order valence-corrected chi connectivity index (χ3v) is 7.07. The van der Waals surface area contributed by atoms with Gasteiger partial charge in [0.1, 0.15) is 5.75 Å². The Morgan fingerprint density at radius 1 is 0.919 bits per heavy atom. The van der Waals surface area contributed by atoms with Crippen LogP contribution in [0.1, 0.15) is 22.9 Å². The maximum absolute atomic E-state index is 13.7. The van der Waals surface area contributed by atoms with Crippen molar-refractivity contribution in [2.24, 2.45) is 14.1 Å². The van der Waals surface area contributed by atoms with Gasteiger partial charge in [-0.3, -0.25) is 13.9 Å². The number of hydrogen-bond donors (Lipinski definition) is 1. The van der Waals surface area contributed by atoms with Crippen LogP contribution >= 0.6 is 0 Å². The third kappa shape index (κ3) is 3.15. The van der Waals surface area contributed by atoms with Gasteiger partial charge in [-0.25, -0.2) is 4.79 Å². The fourth-order valence-corrected chi connectivity index (χ4v) is 5.22. The Bertz CT molecular complexity index is 1830. The summed E-state index contributed by atoms with van der Waals surface area (Å²) in [5, 5.41) is 11.5. The number of methoxy groups -OCH3 is 1. The summed E-state index contributed by atoms with van der Waals surface area (Å²) >= 11 is 0. The number of ether oxygens (including phenoxy) is 2. The van der Waals surface area contributed by atoms with Gasteiger partial charge in [0.25, 0.3) is 5.56 Å². The second-order valence-electron chi connectivity index (χ2n) is 9.23. The minimum absolute atomic E-state index is 0.0685. The standard InChI is InChI=1S/C29H25N3O5/c1-16-12-14-17(15-13-16)23-22-24(30(2)29(35)31(3)28(22)34)25-27(18-8-7-11-21(36-4)26(18)33)37-20-10-6-5-9-19(20)32(23)25/h5-15,27,33H,1-4H3. The predicted molar refractivity (Wildman–Crippen MR) is 141 cm³/mol. The van der Waals surface area contributed by atoms with Gasteiger partial charge in [0.15, 0.2) is 17.6 Å². The van der Waals surface area contributed by atoms with Crippen LogP contribution < -0.4 is 20.7 Å². The maximum Gasteiger partial charge on any atom is 0.331 e. The zero-order chi connectivity index (χ0) is 26.0. The number of aromatic hydroxyl groups is 1. The molecule has 0 saturated carbocycles. The number of phenolic OH excluding ortho intramolecular Hbond substituents is 1. The molecule has 3 aromatic carbocycles. The van der Waals surface area contributed by atoms with Crippen LogP contribution in [-0.4, -0.2) is 25.9 Å². The highest BCUT2D eigenvalue weighted by Gasteiger charge is 2.37. The Morgan fingerprint density at radius 2 is 1.65 bits per heavy atom. The molecule has 8 nitrogen and oxygen atoms in total. The first-order valence-corrected chi connectivity index (χ1v) is 11.9. The molecule has 0 amide bonds. The number of aryl methyl sites for hydroxylation is 2. The SMILES string of the molecule is COc1cccc(C2Oc3ccccc3-n3c(-c4ccc(C)cc4)c4c(=O)n(C)c(=O)n(C)c4c32)c1O. The number of benzene rings is 3. The highest BCUT2D eigenvalue weighted by molar-refractivity contribution is 5.98. The summed E-state index contributed by atoms with van der Waals surface area (Å²) in [6.45, 7) is 2.00. The number of para-hydroxylation sites is 3. The molecule has 2 aromatic heterocycles. The number of nitrogens with zero attached hydrogens (tertiary/aromatic N) is 3. The van der Waals surface area contributed by atoms with Crippen molar-refractivity contribution < 1.29 is 14.6 Å². The molecular weight excluding hydrogens is 470 g/mol. The number of rotatable bonds is 3. The summed E-state index contributed by atoms with van der Waals surface area (Å²) in [6, 6.07) is 20.6. The van der Waals surface area contributed by atoms with E-state index in [1.807, 2.05) is 60.0 Å². The van der Waals surface area contributed by atoms with Crippen molar-refractivity contribution in [3.8, 4) is 34.2 Å². The van der Waals surface area contributed by atoms with Gasteiger partial charge in [-0.1, -0.05) is 54.1 Å². The van der Waals surface area contributed by atoms with Gasteiger partial charge in [0.05, 0.1) is 35.1 Å². The normalized spacial score (nSPS) is 14.2. The Balaban J connectivity index is 1.85. The molecule has 0 saturated heterocycles. The van der Waals surface area contributed by atoms with E-state index in [0.29, 0.717) is 39.4 Å². The topological polar surface area (TPSA) is 87.6 Å². The van der Waals surface area contributed by atoms with Crippen molar-refractivity contribution in [3.05, 3.63) is 104 Å². The lowest BCUT2D eigenvalue weighted by Gasteiger charge is -2.30. The molecule has 37 heavy (non-hydrogen) atoms. The molecule has 1 N–H and O–H groups in total. The van der Waals surface area contributed by atoms with Crippen molar-refractivity contribution >= 4 is 10.9 Å². The molecule has 3 heterocycles. The van der Waals surface area contributed by atoms with Crippen LogP contribution in [0.5, 0.6) is 17.2 Å². The van der Waals surface area contributed by atoms with Gasteiger partial charge >= 0.3 is 5.69 Å².